The number of aryl methyl sites for hydroxylation is 1. The second-order valence-corrected chi connectivity index (χ2v) is 3.06. The van der Waals surface area contributed by atoms with Crippen molar-refractivity contribution in [2.24, 2.45) is 0 Å². The Hall–Kier alpha value is -1.67. The van der Waals surface area contributed by atoms with E-state index in [-0.39, 0.29) is 12.6 Å². The van der Waals surface area contributed by atoms with Crippen molar-refractivity contribution in [2.45, 2.75) is 19.9 Å². The second kappa shape index (κ2) is 4.53. The molecule has 0 saturated carbocycles. The fourth-order valence-corrected chi connectivity index (χ4v) is 0.956. The Morgan fingerprint density at radius 1 is 1.64 bits per heavy atom. The van der Waals surface area contributed by atoms with E-state index in [0.29, 0.717) is 11.6 Å². The van der Waals surface area contributed by atoms with Crippen LogP contribution in [0, 0.1) is 18.3 Å². The van der Waals surface area contributed by atoms with Crippen LogP contribution in [0.25, 0.3) is 0 Å². The van der Waals surface area contributed by atoms with Gasteiger partial charge in [0, 0.05) is 11.7 Å². The van der Waals surface area contributed by atoms with Gasteiger partial charge in [-0.05, 0) is 19.9 Å². The fraction of sp³-hybridized carbons (Fsp3) is 0.444. The molecule has 5 heteroatoms. The van der Waals surface area contributed by atoms with Gasteiger partial charge in [0.05, 0.1) is 6.61 Å². The number of hydrogen-bond donors (Lipinski definition) is 2. The van der Waals surface area contributed by atoms with Crippen molar-refractivity contribution in [2.75, 3.05) is 11.9 Å². The molecule has 2 N–H and O–H groups in total. The van der Waals surface area contributed by atoms with Crippen molar-refractivity contribution < 1.29 is 5.11 Å². The minimum absolute atomic E-state index is 0.000805. The van der Waals surface area contributed by atoms with Crippen LogP contribution in [0.3, 0.4) is 0 Å². The SMILES string of the molecule is Cc1cc(C#N)nc(NC(C)CO)n1. The van der Waals surface area contributed by atoms with Crippen molar-refractivity contribution in [1.82, 2.24) is 9.97 Å². The molecule has 0 fully saturated rings. The minimum atomic E-state index is -0.122. The van der Waals surface area contributed by atoms with E-state index in [1.807, 2.05) is 6.07 Å². The maximum Gasteiger partial charge on any atom is 0.224 e. The Morgan fingerprint density at radius 2 is 2.36 bits per heavy atom. The zero-order chi connectivity index (χ0) is 10.6. The van der Waals surface area contributed by atoms with E-state index >= 15 is 0 Å². The van der Waals surface area contributed by atoms with E-state index in [1.54, 1.807) is 19.9 Å². The topological polar surface area (TPSA) is 81.8 Å². The first kappa shape index (κ1) is 10.4. The van der Waals surface area contributed by atoms with Gasteiger partial charge in [-0.25, -0.2) is 9.97 Å². The van der Waals surface area contributed by atoms with Gasteiger partial charge in [0.25, 0.3) is 0 Å². The molecule has 5 nitrogen and oxygen atoms in total. The maximum absolute atomic E-state index is 8.81. The van der Waals surface area contributed by atoms with Gasteiger partial charge in [0.2, 0.25) is 5.95 Å². The Kier molecular flexibility index (Phi) is 3.37. The minimum Gasteiger partial charge on any atom is -0.394 e. The molecule has 0 amide bonds. The third kappa shape index (κ3) is 2.68. The number of nitrogens with one attached hydrogen (secondary N) is 1. The van der Waals surface area contributed by atoms with Crippen LogP contribution >= 0.6 is 0 Å². The summed E-state index contributed by atoms with van der Waals surface area (Å²) in [7, 11) is 0. The Bertz CT molecular complexity index is 358. The van der Waals surface area contributed by atoms with E-state index < -0.39 is 0 Å². The van der Waals surface area contributed by atoms with Crippen LogP contribution in [-0.4, -0.2) is 27.7 Å². The number of hydrogen-bond acceptors (Lipinski definition) is 5. The Labute approximate surface area is 82.4 Å². The first-order chi connectivity index (χ1) is 6.65. The zero-order valence-electron chi connectivity index (χ0n) is 8.15. The molecule has 0 spiro atoms. The smallest absolute Gasteiger partial charge is 0.224 e. The lowest BCUT2D eigenvalue weighted by Gasteiger charge is -2.10. The first-order valence-electron chi connectivity index (χ1n) is 4.29. The van der Waals surface area contributed by atoms with Gasteiger partial charge in [-0.1, -0.05) is 0 Å². The van der Waals surface area contributed by atoms with Crippen LogP contribution in [-0.2, 0) is 0 Å². The number of aromatic nitrogens is 2. The molecule has 0 aliphatic carbocycles. The molecule has 1 aromatic rings. The van der Waals surface area contributed by atoms with E-state index in [9.17, 15) is 0 Å². The van der Waals surface area contributed by atoms with E-state index in [1.165, 1.54) is 0 Å². The third-order valence-electron chi connectivity index (χ3n) is 1.62. The van der Waals surface area contributed by atoms with Crippen molar-refractivity contribution >= 4 is 5.95 Å². The molecule has 0 radical (unpaired) electrons. The number of aliphatic hydroxyl groups excluding tert-OH is 1. The predicted molar refractivity (Wildman–Crippen MR) is 51.7 cm³/mol. The predicted octanol–water partition coefficient (Wildman–Crippen LogP) is 0.449. The van der Waals surface area contributed by atoms with Gasteiger partial charge in [-0.15, -0.1) is 0 Å². The summed E-state index contributed by atoms with van der Waals surface area (Å²) in [5, 5.41) is 20.4. The lowest BCUT2D eigenvalue weighted by atomic mass is 10.3. The largest absolute Gasteiger partial charge is 0.394 e. The first-order valence-corrected chi connectivity index (χ1v) is 4.29. The van der Waals surface area contributed by atoms with Crippen LogP contribution in [0.5, 0.6) is 0 Å². The lowest BCUT2D eigenvalue weighted by Crippen LogP contribution is -2.21. The molecule has 0 bridgehead atoms. The fourth-order valence-electron chi connectivity index (χ4n) is 0.956. The summed E-state index contributed by atoms with van der Waals surface area (Å²) >= 11 is 0. The molecule has 1 rings (SSSR count). The molecule has 1 unspecified atom stereocenters. The maximum atomic E-state index is 8.81. The Balaban J connectivity index is 2.88. The monoisotopic (exact) mass is 192 g/mol. The van der Waals surface area contributed by atoms with Gasteiger partial charge in [-0.2, -0.15) is 5.26 Å². The average molecular weight is 192 g/mol. The number of nitrogens with zero attached hydrogens (tertiary/aromatic N) is 3. The molecule has 0 aromatic carbocycles. The molecular formula is C9H12N4O. The third-order valence-corrected chi connectivity index (χ3v) is 1.62. The molecule has 1 heterocycles. The number of nitriles is 1. The van der Waals surface area contributed by atoms with Crippen LogP contribution in [0.2, 0.25) is 0 Å². The van der Waals surface area contributed by atoms with Gasteiger partial charge >= 0.3 is 0 Å². The lowest BCUT2D eigenvalue weighted by molar-refractivity contribution is 0.281. The van der Waals surface area contributed by atoms with Gasteiger partial charge in [-0.3, -0.25) is 0 Å². The van der Waals surface area contributed by atoms with Crippen LogP contribution < -0.4 is 5.32 Å². The normalized spacial score (nSPS) is 11.9. The van der Waals surface area contributed by atoms with E-state index in [2.05, 4.69) is 15.3 Å². The standard InChI is InChI=1S/C9H12N4O/c1-6-3-8(4-10)13-9(11-6)12-7(2)5-14/h3,7,14H,5H2,1-2H3,(H,11,12,13). The summed E-state index contributed by atoms with van der Waals surface area (Å²) in [6.07, 6.45) is 0. The van der Waals surface area contributed by atoms with Crippen molar-refractivity contribution in [3.63, 3.8) is 0 Å². The van der Waals surface area contributed by atoms with Crippen LogP contribution in [0.15, 0.2) is 6.07 Å². The van der Waals surface area contributed by atoms with Gasteiger partial charge in [0.1, 0.15) is 11.8 Å². The molecule has 74 valence electrons. The second-order valence-electron chi connectivity index (χ2n) is 3.06. The van der Waals surface area contributed by atoms with E-state index in [4.69, 9.17) is 10.4 Å². The van der Waals surface area contributed by atoms with Crippen molar-refractivity contribution in [3.05, 3.63) is 17.5 Å². The summed E-state index contributed by atoms with van der Waals surface area (Å²) in [5.74, 6) is 0.378. The van der Waals surface area contributed by atoms with Gasteiger partial charge < -0.3 is 10.4 Å². The zero-order valence-corrected chi connectivity index (χ0v) is 8.15. The highest BCUT2D eigenvalue weighted by Gasteiger charge is 2.04. The summed E-state index contributed by atoms with van der Waals surface area (Å²) in [6.45, 7) is 3.59. The molecule has 1 aromatic heterocycles. The van der Waals surface area contributed by atoms with Crippen LogP contribution in [0.1, 0.15) is 18.3 Å². The summed E-state index contributed by atoms with van der Waals surface area (Å²) in [6, 6.07) is 3.43. The highest BCUT2D eigenvalue weighted by Crippen LogP contribution is 2.04. The van der Waals surface area contributed by atoms with Crippen molar-refractivity contribution in [1.29, 1.82) is 5.26 Å². The molecule has 1 atom stereocenters. The molecular weight excluding hydrogens is 180 g/mol. The summed E-state index contributed by atoms with van der Waals surface area (Å²) in [5.41, 5.74) is 1.05. The number of anilines is 1. The number of rotatable bonds is 3. The van der Waals surface area contributed by atoms with Crippen LogP contribution in [0.4, 0.5) is 5.95 Å². The average Bonchev–Trinajstić information content (AvgIpc) is 2.16. The molecule has 0 aliphatic heterocycles. The number of aliphatic hydroxyl groups is 1. The quantitative estimate of drug-likeness (QED) is 0.726. The van der Waals surface area contributed by atoms with Crippen molar-refractivity contribution in [3.8, 4) is 6.07 Å². The summed E-state index contributed by atoms with van der Waals surface area (Å²) < 4.78 is 0. The highest BCUT2D eigenvalue weighted by molar-refractivity contribution is 5.33. The summed E-state index contributed by atoms with van der Waals surface area (Å²) in [4.78, 5) is 8.03. The molecule has 0 aliphatic rings. The Morgan fingerprint density at radius 3 is 2.93 bits per heavy atom. The van der Waals surface area contributed by atoms with Gasteiger partial charge in [0.15, 0.2) is 0 Å². The molecule has 0 saturated heterocycles. The molecule has 14 heavy (non-hydrogen) atoms. The highest BCUT2D eigenvalue weighted by atomic mass is 16.3. The van der Waals surface area contributed by atoms with E-state index in [0.717, 1.165) is 5.69 Å².